The van der Waals surface area contributed by atoms with Gasteiger partial charge >= 0.3 is 5.24 Å². The van der Waals surface area contributed by atoms with Gasteiger partial charge in [0.05, 0.1) is 0 Å². The fourth-order valence-corrected chi connectivity index (χ4v) is 1.17. The molecule has 0 aromatic carbocycles. The summed E-state index contributed by atoms with van der Waals surface area (Å²) in [6, 6.07) is 3.46. The number of pyridine rings is 1. The molecule has 1 aromatic rings. The molecule has 0 amide bonds. The molecule has 1 aromatic heterocycles. The average Bonchev–Trinajstić information content (AvgIpc) is 2.03. The summed E-state index contributed by atoms with van der Waals surface area (Å²) in [6.07, 6.45) is 4.99. The third-order valence-electron chi connectivity index (χ3n) is 1.15. The summed E-state index contributed by atoms with van der Waals surface area (Å²) in [6.45, 7) is 0. The molecule has 0 spiro atoms. The zero-order valence-corrected chi connectivity index (χ0v) is 7.52. The molecule has 0 fully saturated rings. The van der Waals surface area contributed by atoms with Crippen molar-refractivity contribution >= 4 is 28.6 Å². The number of carbonyl (C=O) groups excluding carboxylic acids is 1. The number of thioether (sulfide) groups is 1. The van der Waals surface area contributed by atoms with Crippen LogP contribution >= 0.6 is 23.4 Å². The zero-order chi connectivity index (χ0) is 8.27. The Morgan fingerprint density at radius 2 is 2.45 bits per heavy atom. The predicted molar refractivity (Wildman–Crippen MR) is 46.0 cm³/mol. The minimum absolute atomic E-state index is 0.0347. The van der Waals surface area contributed by atoms with E-state index in [4.69, 9.17) is 11.6 Å². The minimum atomic E-state index is -0.0347. The van der Waals surface area contributed by atoms with Crippen LogP contribution in [0.15, 0.2) is 24.5 Å². The van der Waals surface area contributed by atoms with Gasteiger partial charge in [-0.15, -0.1) is 4.57 Å². The summed E-state index contributed by atoms with van der Waals surface area (Å²) < 4.78 is 1.45. The Kier molecular flexibility index (Phi) is 2.91. The highest BCUT2D eigenvalue weighted by atomic mass is 35.5. The Morgan fingerprint density at radius 1 is 1.73 bits per heavy atom. The highest BCUT2D eigenvalue weighted by molar-refractivity contribution is 8.12. The molecule has 0 saturated carbocycles. The molecule has 58 valence electrons. The van der Waals surface area contributed by atoms with E-state index >= 15 is 0 Å². The Bertz CT molecular complexity index is 277. The molecule has 0 bridgehead atoms. The van der Waals surface area contributed by atoms with Gasteiger partial charge in [-0.1, -0.05) is 11.6 Å². The van der Waals surface area contributed by atoms with Crippen molar-refractivity contribution in [2.45, 2.75) is 0 Å². The summed E-state index contributed by atoms with van der Waals surface area (Å²) in [7, 11) is 0. The summed E-state index contributed by atoms with van der Waals surface area (Å²) in [5.74, 6) is 0. The normalized spacial score (nSPS) is 9.64. The predicted octanol–water partition coefficient (Wildman–Crippen LogP) is 1.96. The molecule has 0 N–H and O–H groups in total. The van der Waals surface area contributed by atoms with Crippen molar-refractivity contribution in [1.29, 1.82) is 0 Å². The minimum Gasteiger partial charge on any atom is -0.207 e. The fraction of sp³-hybridized carbons (Fsp3) is 0.143. The lowest BCUT2D eigenvalue weighted by atomic mass is 10.5. The van der Waals surface area contributed by atoms with E-state index in [-0.39, 0.29) is 5.24 Å². The van der Waals surface area contributed by atoms with Crippen LogP contribution in [0, 0.1) is 0 Å². The number of halogens is 1. The van der Waals surface area contributed by atoms with Gasteiger partial charge < -0.3 is 0 Å². The number of rotatable bonds is 0. The lowest BCUT2D eigenvalue weighted by molar-refractivity contribution is -0.561. The van der Waals surface area contributed by atoms with E-state index in [9.17, 15) is 4.79 Å². The second-order valence-corrected chi connectivity index (χ2v) is 3.09. The standard InChI is InChI=1S/C7H7ClNOS/c1-11-7(10)9-4-2-3-6(8)5-9/h2-5H,1H3/q+1. The van der Waals surface area contributed by atoms with E-state index in [2.05, 4.69) is 0 Å². The lowest BCUT2D eigenvalue weighted by Crippen LogP contribution is -2.38. The van der Waals surface area contributed by atoms with Crippen molar-refractivity contribution in [2.24, 2.45) is 0 Å². The molecular formula is C7H7ClNOS+. The molecule has 1 rings (SSSR count). The molecule has 0 unspecified atom stereocenters. The van der Waals surface area contributed by atoms with Gasteiger partial charge in [-0.05, 0) is 24.1 Å². The van der Waals surface area contributed by atoms with Gasteiger partial charge in [0.2, 0.25) is 0 Å². The van der Waals surface area contributed by atoms with Crippen LogP contribution < -0.4 is 4.57 Å². The molecule has 0 radical (unpaired) electrons. The molecule has 0 aliphatic carbocycles. The quantitative estimate of drug-likeness (QED) is 0.581. The number of hydrogen-bond acceptors (Lipinski definition) is 2. The molecule has 0 atom stereocenters. The average molecular weight is 189 g/mol. The zero-order valence-electron chi connectivity index (χ0n) is 5.95. The van der Waals surface area contributed by atoms with Gasteiger partial charge in [-0.3, -0.25) is 0 Å². The summed E-state index contributed by atoms with van der Waals surface area (Å²) in [4.78, 5) is 11.0. The first kappa shape index (κ1) is 8.56. The van der Waals surface area contributed by atoms with E-state index in [1.54, 1.807) is 30.8 Å². The van der Waals surface area contributed by atoms with Crippen LogP contribution in [0.5, 0.6) is 0 Å². The van der Waals surface area contributed by atoms with Crippen molar-refractivity contribution in [3.63, 3.8) is 0 Å². The van der Waals surface area contributed by atoms with Crippen molar-refractivity contribution in [3.8, 4) is 0 Å². The summed E-state index contributed by atoms with van der Waals surface area (Å²) in [5, 5.41) is 0.530. The topological polar surface area (TPSA) is 20.9 Å². The first-order chi connectivity index (χ1) is 5.24. The maximum atomic E-state index is 11.0. The van der Waals surface area contributed by atoms with Crippen molar-refractivity contribution < 1.29 is 9.36 Å². The third-order valence-corrected chi connectivity index (χ3v) is 1.93. The number of carbonyl (C=O) groups is 1. The largest absolute Gasteiger partial charge is 0.454 e. The number of aromatic nitrogens is 1. The summed E-state index contributed by atoms with van der Waals surface area (Å²) in [5.41, 5.74) is 0. The first-order valence-electron chi connectivity index (χ1n) is 2.99. The van der Waals surface area contributed by atoms with Crippen LogP contribution in [-0.4, -0.2) is 11.5 Å². The van der Waals surface area contributed by atoms with Gasteiger partial charge in [0.15, 0.2) is 12.4 Å². The van der Waals surface area contributed by atoms with Crippen molar-refractivity contribution in [2.75, 3.05) is 6.26 Å². The van der Waals surface area contributed by atoms with Crippen LogP contribution in [0.3, 0.4) is 0 Å². The van der Waals surface area contributed by atoms with Crippen molar-refractivity contribution in [3.05, 3.63) is 29.5 Å². The second-order valence-electron chi connectivity index (χ2n) is 1.90. The van der Waals surface area contributed by atoms with Crippen LogP contribution in [-0.2, 0) is 0 Å². The van der Waals surface area contributed by atoms with Gasteiger partial charge in [0.25, 0.3) is 0 Å². The second kappa shape index (κ2) is 3.74. The van der Waals surface area contributed by atoms with E-state index in [0.717, 1.165) is 11.8 Å². The van der Waals surface area contributed by atoms with Gasteiger partial charge in [-0.25, -0.2) is 4.79 Å². The lowest BCUT2D eigenvalue weighted by Gasteiger charge is -1.89. The molecule has 0 aliphatic heterocycles. The third kappa shape index (κ3) is 2.20. The first-order valence-corrected chi connectivity index (χ1v) is 4.59. The van der Waals surface area contributed by atoms with E-state index in [1.807, 2.05) is 0 Å². The molecule has 11 heavy (non-hydrogen) atoms. The van der Waals surface area contributed by atoms with Crippen LogP contribution in [0.4, 0.5) is 4.79 Å². The van der Waals surface area contributed by atoms with Crippen LogP contribution in [0.1, 0.15) is 0 Å². The SMILES string of the molecule is CSC(=O)[n+]1cccc(Cl)c1. The van der Waals surface area contributed by atoms with E-state index in [1.165, 1.54) is 4.57 Å². The Hall–Kier alpha value is -0.540. The van der Waals surface area contributed by atoms with E-state index in [0.29, 0.717) is 5.02 Å². The van der Waals surface area contributed by atoms with Gasteiger partial charge in [-0.2, -0.15) is 0 Å². The Labute approximate surface area is 74.2 Å². The van der Waals surface area contributed by atoms with Crippen LogP contribution in [0.2, 0.25) is 5.02 Å². The highest BCUT2D eigenvalue weighted by Gasteiger charge is 2.11. The molecule has 1 heterocycles. The Balaban J connectivity index is 2.96. The maximum Gasteiger partial charge on any atom is 0.454 e. The number of nitrogens with zero attached hydrogens (tertiary/aromatic N) is 1. The van der Waals surface area contributed by atoms with Gasteiger partial charge in [0.1, 0.15) is 5.02 Å². The smallest absolute Gasteiger partial charge is 0.207 e. The number of hydrogen-bond donors (Lipinski definition) is 0. The summed E-state index contributed by atoms with van der Waals surface area (Å²) >= 11 is 6.82. The van der Waals surface area contributed by atoms with E-state index < -0.39 is 0 Å². The maximum absolute atomic E-state index is 11.0. The van der Waals surface area contributed by atoms with Gasteiger partial charge in [0, 0.05) is 6.07 Å². The highest BCUT2D eigenvalue weighted by Crippen LogP contribution is 2.02. The molecule has 2 nitrogen and oxygen atoms in total. The molecular weight excluding hydrogens is 182 g/mol. The molecule has 4 heteroatoms. The molecule has 0 aliphatic rings. The fourth-order valence-electron chi connectivity index (χ4n) is 0.666. The molecule has 0 saturated heterocycles. The monoisotopic (exact) mass is 188 g/mol. The van der Waals surface area contributed by atoms with Crippen molar-refractivity contribution in [1.82, 2.24) is 0 Å². The Morgan fingerprint density at radius 3 is 3.00 bits per heavy atom. The van der Waals surface area contributed by atoms with Crippen LogP contribution in [0.25, 0.3) is 0 Å².